The number of halogens is 3. The highest BCUT2D eigenvalue weighted by Crippen LogP contribution is 2.14. The van der Waals surface area contributed by atoms with Gasteiger partial charge < -0.3 is 15.0 Å². The molecular weight excluding hydrogens is 385 g/mol. The zero-order valence-electron chi connectivity index (χ0n) is 14.3. The Morgan fingerprint density at radius 2 is 1.84 bits per heavy atom. The quantitative estimate of drug-likeness (QED) is 0.830. The minimum Gasteiger partial charge on any atom is -0.375 e. The number of nitrogens with one attached hydrogen (secondary N) is 1. The number of hydrogen-bond acceptors (Lipinski definition) is 4. The fourth-order valence-corrected chi connectivity index (χ4v) is 3.31. The van der Waals surface area contributed by atoms with Crippen molar-refractivity contribution in [3.8, 4) is 0 Å². The molecule has 2 aliphatic heterocycles. The Hall–Kier alpha value is -0.560. The number of ether oxygens (including phenoxy) is 1. The molecule has 2 saturated heterocycles. The summed E-state index contributed by atoms with van der Waals surface area (Å²) in [5.74, 6) is 0.170. The van der Waals surface area contributed by atoms with Gasteiger partial charge in [0.2, 0.25) is 5.91 Å². The Morgan fingerprint density at radius 1 is 1.20 bits per heavy atom. The van der Waals surface area contributed by atoms with Crippen molar-refractivity contribution in [3.05, 3.63) is 34.9 Å². The van der Waals surface area contributed by atoms with Gasteiger partial charge in [-0.05, 0) is 24.6 Å². The number of benzene rings is 1. The molecule has 0 aromatic heterocycles. The number of carbonyl (C=O) groups is 1. The van der Waals surface area contributed by atoms with Gasteiger partial charge in [0.1, 0.15) is 6.04 Å². The van der Waals surface area contributed by atoms with Crippen LogP contribution in [0.15, 0.2) is 24.3 Å². The molecule has 0 unspecified atom stereocenters. The summed E-state index contributed by atoms with van der Waals surface area (Å²) in [6.45, 7) is 7.64. The highest BCUT2D eigenvalue weighted by atomic mass is 35.5. The Labute approximate surface area is 166 Å². The van der Waals surface area contributed by atoms with Gasteiger partial charge in [0.25, 0.3) is 0 Å². The zero-order valence-corrected chi connectivity index (χ0v) is 16.7. The van der Waals surface area contributed by atoms with E-state index in [2.05, 4.69) is 22.3 Å². The van der Waals surface area contributed by atoms with Crippen LogP contribution in [-0.2, 0) is 16.1 Å². The summed E-state index contributed by atoms with van der Waals surface area (Å²) in [5.41, 5.74) is 1.25. The number of piperazine rings is 1. The Balaban J connectivity index is 0.00000156. The molecule has 1 N–H and O–H groups in total. The largest absolute Gasteiger partial charge is 0.375 e. The van der Waals surface area contributed by atoms with Gasteiger partial charge in [-0.1, -0.05) is 23.7 Å². The molecule has 1 aromatic rings. The van der Waals surface area contributed by atoms with Gasteiger partial charge in [0, 0.05) is 44.3 Å². The van der Waals surface area contributed by atoms with Gasteiger partial charge in [0.15, 0.2) is 0 Å². The molecule has 0 saturated carbocycles. The highest BCUT2D eigenvalue weighted by molar-refractivity contribution is 6.30. The van der Waals surface area contributed by atoms with Crippen LogP contribution in [-0.4, -0.2) is 67.2 Å². The van der Waals surface area contributed by atoms with Crippen LogP contribution in [0.4, 0.5) is 0 Å². The van der Waals surface area contributed by atoms with Crippen molar-refractivity contribution in [2.24, 2.45) is 0 Å². The smallest absolute Gasteiger partial charge is 0.242 e. The van der Waals surface area contributed by atoms with Crippen molar-refractivity contribution in [2.75, 3.05) is 39.3 Å². The normalized spacial score (nSPS) is 24.2. The van der Waals surface area contributed by atoms with Gasteiger partial charge in [-0.15, -0.1) is 24.8 Å². The van der Waals surface area contributed by atoms with Gasteiger partial charge in [-0.2, -0.15) is 0 Å². The molecule has 25 heavy (non-hydrogen) atoms. The van der Waals surface area contributed by atoms with Crippen LogP contribution in [0.3, 0.4) is 0 Å². The van der Waals surface area contributed by atoms with E-state index >= 15 is 0 Å². The van der Waals surface area contributed by atoms with E-state index in [1.165, 1.54) is 5.56 Å². The summed E-state index contributed by atoms with van der Waals surface area (Å²) < 4.78 is 5.58. The lowest BCUT2D eigenvalue weighted by atomic mass is 10.1. The van der Waals surface area contributed by atoms with E-state index < -0.39 is 0 Å². The summed E-state index contributed by atoms with van der Waals surface area (Å²) in [5, 5.41) is 4.04. The third kappa shape index (κ3) is 5.98. The molecule has 2 atom stereocenters. The number of hydrogen-bond donors (Lipinski definition) is 1. The molecule has 8 heteroatoms. The van der Waals surface area contributed by atoms with Gasteiger partial charge in [0.05, 0.1) is 12.7 Å². The molecule has 0 radical (unpaired) electrons. The van der Waals surface area contributed by atoms with Crippen LogP contribution in [0, 0.1) is 0 Å². The summed E-state index contributed by atoms with van der Waals surface area (Å²) in [7, 11) is 0. The van der Waals surface area contributed by atoms with Gasteiger partial charge in [-0.25, -0.2) is 0 Å². The topological polar surface area (TPSA) is 44.8 Å². The minimum absolute atomic E-state index is 0. The predicted octanol–water partition coefficient (Wildman–Crippen LogP) is 2.20. The maximum absolute atomic E-state index is 12.6. The second-order valence-electron chi connectivity index (χ2n) is 6.24. The first-order chi connectivity index (χ1) is 11.1. The predicted molar refractivity (Wildman–Crippen MR) is 105 cm³/mol. The summed E-state index contributed by atoms with van der Waals surface area (Å²) in [4.78, 5) is 17.0. The van der Waals surface area contributed by atoms with E-state index in [1.807, 2.05) is 24.0 Å². The van der Waals surface area contributed by atoms with Crippen molar-refractivity contribution >= 4 is 42.3 Å². The molecule has 142 valence electrons. The second-order valence-corrected chi connectivity index (χ2v) is 6.67. The lowest BCUT2D eigenvalue weighted by Gasteiger charge is -2.38. The van der Waals surface area contributed by atoms with E-state index in [0.29, 0.717) is 6.61 Å². The van der Waals surface area contributed by atoms with E-state index in [0.717, 1.165) is 44.3 Å². The first-order valence-electron chi connectivity index (χ1n) is 8.24. The molecule has 2 fully saturated rings. The maximum Gasteiger partial charge on any atom is 0.242 e. The third-order valence-electron chi connectivity index (χ3n) is 4.59. The van der Waals surface area contributed by atoms with Crippen LogP contribution >= 0.6 is 36.4 Å². The molecule has 0 bridgehead atoms. The molecule has 0 spiro atoms. The van der Waals surface area contributed by atoms with Crippen LogP contribution in [0.5, 0.6) is 0 Å². The molecule has 2 heterocycles. The first-order valence-corrected chi connectivity index (χ1v) is 8.62. The van der Waals surface area contributed by atoms with Crippen LogP contribution in [0.2, 0.25) is 5.02 Å². The SMILES string of the molecule is C[C@H]1OCCN[C@@H]1C(=O)N1CCN(Cc2ccc(Cl)cc2)CC1.Cl.Cl. The number of rotatable bonds is 3. The molecule has 1 amide bonds. The monoisotopic (exact) mass is 409 g/mol. The summed E-state index contributed by atoms with van der Waals surface area (Å²) in [6, 6.07) is 7.77. The average Bonchev–Trinajstić information content (AvgIpc) is 2.57. The summed E-state index contributed by atoms with van der Waals surface area (Å²) in [6.07, 6.45) is -0.0525. The molecule has 0 aliphatic carbocycles. The van der Waals surface area contributed by atoms with Crippen molar-refractivity contribution in [3.63, 3.8) is 0 Å². The fraction of sp³-hybridized carbons (Fsp3) is 0.588. The molecule has 2 aliphatic rings. The number of morpholine rings is 1. The van der Waals surface area contributed by atoms with E-state index in [-0.39, 0.29) is 42.9 Å². The third-order valence-corrected chi connectivity index (χ3v) is 4.84. The van der Waals surface area contributed by atoms with Crippen molar-refractivity contribution in [2.45, 2.75) is 25.6 Å². The Morgan fingerprint density at radius 3 is 2.44 bits per heavy atom. The average molecular weight is 411 g/mol. The lowest BCUT2D eigenvalue weighted by Crippen LogP contribution is -2.59. The first kappa shape index (κ1) is 22.5. The van der Waals surface area contributed by atoms with Crippen molar-refractivity contribution in [1.29, 1.82) is 0 Å². The van der Waals surface area contributed by atoms with Gasteiger partial charge in [-0.3, -0.25) is 9.69 Å². The fourth-order valence-electron chi connectivity index (χ4n) is 3.18. The van der Waals surface area contributed by atoms with Gasteiger partial charge >= 0.3 is 0 Å². The molecule has 3 rings (SSSR count). The zero-order chi connectivity index (χ0) is 16.2. The van der Waals surface area contributed by atoms with Crippen LogP contribution < -0.4 is 5.32 Å². The highest BCUT2D eigenvalue weighted by Gasteiger charge is 2.33. The Bertz CT molecular complexity index is 536. The standard InChI is InChI=1S/C17H24ClN3O2.2ClH/c1-13-16(19-6-11-23-13)17(22)21-9-7-20(8-10-21)12-14-2-4-15(18)5-3-14;;/h2-5,13,16,19H,6-12H2,1H3;2*1H/t13-,16+;;/m1../s1. The lowest BCUT2D eigenvalue weighted by molar-refractivity contribution is -0.141. The minimum atomic E-state index is -0.202. The number of nitrogens with zero attached hydrogens (tertiary/aromatic N) is 2. The van der Waals surface area contributed by atoms with E-state index in [1.54, 1.807) is 0 Å². The van der Waals surface area contributed by atoms with Crippen molar-refractivity contribution in [1.82, 2.24) is 15.1 Å². The van der Waals surface area contributed by atoms with E-state index in [9.17, 15) is 4.79 Å². The van der Waals surface area contributed by atoms with Crippen LogP contribution in [0.25, 0.3) is 0 Å². The summed E-state index contributed by atoms with van der Waals surface area (Å²) >= 11 is 5.92. The number of carbonyl (C=O) groups excluding carboxylic acids is 1. The maximum atomic E-state index is 12.6. The molecular formula is C17H26Cl3N3O2. The molecule has 5 nitrogen and oxygen atoms in total. The van der Waals surface area contributed by atoms with Crippen molar-refractivity contribution < 1.29 is 9.53 Å². The Kier molecular flexibility index (Phi) is 9.49. The van der Waals surface area contributed by atoms with Crippen LogP contribution in [0.1, 0.15) is 12.5 Å². The molecule has 1 aromatic carbocycles. The second kappa shape index (κ2) is 10.6. The van der Waals surface area contributed by atoms with E-state index in [4.69, 9.17) is 16.3 Å². The number of amides is 1.